The number of carbonyl (C=O) groups is 2. The minimum absolute atomic E-state index is 0.0228. The van der Waals surface area contributed by atoms with Crippen LogP contribution in [-0.2, 0) is 14.8 Å². The van der Waals surface area contributed by atoms with Gasteiger partial charge < -0.3 is 10.2 Å². The zero-order valence-corrected chi connectivity index (χ0v) is 14.7. The third-order valence-electron chi connectivity index (χ3n) is 4.14. The summed E-state index contributed by atoms with van der Waals surface area (Å²) in [5.74, 6) is -0.428. The largest absolute Gasteiger partial charge is 0.350 e. The molecule has 1 aliphatic rings. The second kappa shape index (κ2) is 7.31. The number of nitrogens with one attached hydrogen (secondary N) is 1. The molecule has 7 nitrogen and oxygen atoms in total. The van der Waals surface area contributed by atoms with Gasteiger partial charge in [-0.3, -0.25) is 9.59 Å². The molecule has 2 rings (SSSR count). The summed E-state index contributed by atoms with van der Waals surface area (Å²) in [6.45, 7) is 4.56. The Bertz CT molecular complexity index is 746. The summed E-state index contributed by atoms with van der Waals surface area (Å²) in [7, 11) is -3.99. The number of sulfonamides is 1. The van der Waals surface area contributed by atoms with Gasteiger partial charge in [0.25, 0.3) is 5.91 Å². The molecule has 0 spiro atoms. The number of benzene rings is 1. The van der Waals surface area contributed by atoms with E-state index in [0.717, 1.165) is 18.4 Å². The zero-order valence-electron chi connectivity index (χ0n) is 13.9. The van der Waals surface area contributed by atoms with E-state index >= 15 is 0 Å². The van der Waals surface area contributed by atoms with Crippen LogP contribution in [0.4, 0.5) is 0 Å². The fraction of sp³-hybridized carbons (Fsp3) is 0.500. The summed E-state index contributed by atoms with van der Waals surface area (Å²) in [5.41, 5.74) is 0.779. The molecule has 1 atom stereocenters. The summed E-state index contributed by atoms with van der Waals surface area (Å²) in [6, 6.07) is 4.26. The molecule has 1 saturated heterocycles. The van der Waals surface area contributed by atoms with E-state index < -0.39 is 15.9 Å². The fourth-order valence-electron chi connectivity index (χ4n) is 2.81. The molecule has 1 aromatic carbocycles. The molecular formula is C16H23N3O4S. The minimum Gasteiger partial charge on any atom is -0.350 e. The number of carbonyl (C=O) groups excluding carboxylic acids is 2. The highest BCUT2D eigenvalue weighted by Crippen LogP contribution is 2.17. The molecule has 0 aromatic heterocycles. The van der Waals surface area contributed by atoms with Crippen LogP contribution in [0.1, 0.15) is 42.1 Å². The van der Waals surface area contributed by atoms with Crippen molar-refractivity contribution < 1.29 is 18.0 Å². The molecular weight excluding hydrogens is 330 g/mol. The number of likely N-dealkylation sites (tertiary alicyclic amines) is 1. The van der Waals surface area contributed by atoms with Gasteiger partial charge in [0.1, 0.15) is 0 Å². The molecule has 132 valence electrons. The molecule has 1 heterocycles. The van der Waals surface area contributed by atoms with Gasteiger partial charge in [0, 0.05) is 25.6 Å². The SMILES string of the molecule is Cc1ccc(S(N)(=O)=O)c(C(=O)NC[C@@H](C)N2CCCCC2=O)c1. The van der Waals surface area contributed by atoms with E-state index in [1.807, 2.05) is 6.92 Å². The molecule has 3 N–H and O–H groups in total. The van der Waals surface area contributed by atoms with Gasteiger partial charge in [-0.05, 0) is 38.8 Å². The van der Waals surface area contributed by atoms with Gasteiger partial charge in [0.15, 0.2) is 0 Å². The summed E-state index contributed by atoms with van der Waals surface area (Å²) < 4.78 is 23.3. The van der Waals surface area contributed by atoms with E-state index in [-0.39, 0.29) is 29.0 Å². The van der Waals surface area contributed by atoms with Crippen molar-refractivity contribution in [3.05, 3.63) is 29.3 Å². The molecule has 1 fully saturated rings. The van der Waals surface area contributed by atoms with Gasteiger partial charge in [0.05, 0.1) is 10.5 Å². The standard InChI is InChI=1S/C16H23N3O4S/c1-11-6-7-14(24(17,22)23)13(9-11)16(21)18-10-12(2)19-8-4-3-5-15(19)20/h6-7,9,12H,3-5,8,10H2,1-2H3,(H,18,21)(H2,17,22,23)/t12-/m1/s1. The second-order valence-electron chi connectivity index (χ2n) is 6.15. The van der Waals surface area contributed by atoms with Crippen molar-refractivity contribution in [3.8, 4) is 0 Å². The van der Waals surface area contributed by atoms with Crippen molar-refractivity contribution in [2.45, 2.75) is 44.0 Å². The van der Waals surface area contributed by atoms with Crippen LogP contribution in [0.15, 0.2) is 23.1 Å². The van der Waals surface area contributed by atoms with E-state index in [9.17, 15) is 18.0 Å². The third-order valence-corrected chi connectivity index (χ3v) is 5.11. The molecule has 0 aliphatic carbocycles. The van der Waals surface area contributed by atoms with Gasteiger partial charge in [-0.1, -0.05) is 11.6 Å². The summed E-state index contributed by atoms with van der Waals surface area (Å²) >= 11 is 0. The van der Waals surface area contributed by atoms with Crippen LogP contribution in [0.25, 0.3) is 0 Å². The van der Waals surface area contributed by atoms with Crippen LogP contribution >= 0.6 is 0 Å². The maximum Gasteiger partial charge on any atom is 0.252 e. The van der Waals surface area contributed by atoms with Crippen molar-refractivity contribution in [2.75, 3.05) is 13.1 Å². The number of nitrogens with two attached hydrogens (primary N) is 1. The van der Waals surface area contributed by atoms with E-state index in [4.69, 9.17) is 5.14 Å². The first kappa shape index (κ1) is 18.4. The fourth-order valence-corrected chi connectivity index (χ4v) is 3.52. The summed E-state index contributed by atoms with van der Waals surface area (Å²) in [6.07, 6.45) is 2.39. The molecule has 0 bridgehead atoms. The Morgan fingerprint density at radius 3 is 2.71 bits per heavy atom. The van der Waals surface area contributed by atoms with Crippen LogP contribution in [0, 0.1) is 6.92 Å². The predicted octanol–water partition coefficient (Wildman–Crippen LogP) is 0.773. The van der Waals surface area contributed by atoms with Gasteiger partial charge in [-0.2, -0.15) is 0 Å². The Morgan fingerprint density at radius 1 is 1.38 bits per heavy atom. The van der Waals surface area contributed by atoms with Gasteiger partial charge in [0.2, 0.25) is 15.9 Å². The van der Waals surface area contributed by atoms with Crippen molar-refractivity contribution in [1.82, 2.24) is 10.2 Å². The number of primary sulfonamides is 1. The highest BCUT2D eigenvalue weighted by atomic mass is 32.2. The lowest BCUT2D eigenvalue weighted by Crippen LogP contribution is -2.47. The van der Waals surface area contributed by atoms with E-state index in [1.54, 1.807) is 17.9 Å². The summed E-state index contributed by atoms with van der Waals surface area (Å²) in [4.78, 5) is 25.8. The first-order chi connectivity index (χ1) is 11.2. The van der Waals surface area contributed by atoms with Crippen molar-refractivity contribution in [1.29, 1.82) is 0 Å². The molecule has 8 heteroatoms. The average molecular weight is 353 g/mol. The molecule has 24 heavy (non-hydrogen) atoms. The maximum atomic E-state index is 12.4. The summed E-state index contributed by atoms with van der Waals surface area (Å²) in [5, 5.41) is 7.88. The highest BCUT2D eigenvalue weighted by Gasteiger charge is 2.24. The molecule has 0 radical (unpaired) electrons. The monoisotopic (exact) mass is 353 g/mol. The number of rotatable bonds is 5. The first-order valence-corrected chi connectivity index (χ1v) is 9.46. The van der Waals surface area contributed by atoms with E-state index in [1.165, 1.54) is 12.1 Å². The lowest BCUT2D eigenvalue weighted by molar-refractivity contribution is -0.135. The van der Waals surface area contributed by atoms with Crippen molar-refractivity contribution in [3.63, 3.8) is 0 Å². The van der Waals surface area contributed by atoms with E-state index in [2.05, 4.69) is 5.32 Å². The van der Waals surface area contributed by atoms with Gasteiger partial charge in [-0.25, -0.2) is 13.6 Å². The van der Waals surface area contributed by atoms with Gasteiger partial charge >= 0.3 is 0 Å². The second-order valence-corrected chi connectivity index (χ2v) is 7.68. The Kier molecular flexibility index (Phi) is 5.61. The number of amides is 2. The molecule has 2 amide bonds. The topological polar surface area (TPSA) is 110 Å². The number of nitrogens with zero attached hydrogens (tertiary/aromatic N) is 1. The smallest absolute Gasteiger partial charge is 0.252 e. The van der Waals surface area contributed by atoms with Gasteiger partial charge in [-0.15, -0.1) is 0 Å². The molecule has 1 aliphatic heterocycles. The van der Waals surface area contributed by atoms with Crippen LogP contribution in [0.2, 0.25) is 0 Å². The van der Waals surface area contributed by atoms with E-state index in [0.29, 0.717) is 13.0 Å². The van der Waals surface area contributed by atoms with Crippen molar-refractivity contribution >= 4 is 21.8 Å². The van der Waals surface area contributed by atoms with Crippen LogP contribution in [0.3, 0.4) is 0 Å². The lowest BCUT2D eigenvalue weighted by atomic mass is 10.1. The number of hydrogen-bond acceptors (Lipinski definition) is 4. The normalized spacial score (nSPS) is 16.8. The third kappa shape index (κ3) is 4.33. The Balaban J connectivity index is 2.10. The molecule has 1 aromatic rings. The van der Waals surface area contributed by atoms with Crippen molar-refractivity contribution in [2.24, 2.45) is 5.14 Å². The lowest BCUT2D eigenvalue weighted by Gasteiger charge is -2.32. The first-order valence-electron chi connectivity index (χ1n) is 7.91. The molecule has 0 unspecified atom stereocenters. The molecule has 0 saturated carbocycles. The Labute approximate surface area is 142 Å². The van der Waals surface area contributed by atoms with Crippen LogP contribution in [-0.4, -0.2) is 44.3 Å². The highest BCUT2D eigenvalue weighted by molar-refractivity contribution is 7.89. The quantitative estimate of drug-likeness (QED) is 0.815. The maximum absolute atomic E-state index is 12.4. The minimum atomic E-state index is -3.99. The average Bonchev–Trinajstić information content (AvgIpc) is 2.51. The van der Waals surface area contributed by atoms with Crippen LogP contribution < -0.4 is 10.5 Å². The Hall–Kier alpha value is -1.93. The zero-order chi connectivity index (χ0) is 17.9. The van der Waals surface area contributed by atoms with Crippen LogP contribution in [0.5, 0.6) is 0 Å². The predicted molar refractivity (Wildman–Crippen MR) is 89.9 cm³/mol. The number of hydrogen-bond donors (Lipinski definition) is 2. The number of piperidine rings is 1. The number of aryl methyl sites for hydroxylation is 1. The Morgan fingerprint density at radius 2 is 2.08 bits per heavy atom.